The van der Waals surface area contributed by atoms with Gasteiger partial charge in [0.1, 0.15) is 6.54 Å². The molecule has 0 saturated carbocycles. The Morgan fingerprint density at radius 3 is 2.86 bits per heavy atom. The van der Waals surface area contributed by atoms with Gasteiger partial charge in [-0.05, 0) is 31.9 Å². The Morgan fingerprint density at radius 1 is 1.43 bits per heavy atom. The predicted octanol–water partition coefficient (Wildman–Crippen LogP) is 2.64. The van der Waals surface area contributed by atoms with Crippen molar-refractivity contribution in [2.45, 2.75) is 38.5 Å². The third kappa shape index (κ3) is 4.74. The first-order valence-corrected chi connectivity index (χ1v) is 6.99. The molecule has 1 saturated heterocycles. The molecule has 1 atom stereocenters. The topological polar surface area (TPSA) is 32.3 Å². The predicted molar refractivity (Wildman–Crippen MR) is 73.7 cm³/mol. The highest BCUT2D eigenvalue weighted by Gasteiger charge is 2.33. The Labute approximate surface area is 122 Å². The number of nitrogens with zero attached hydrogens (tertiary/aromatic N) is 1. The molecule has 3 nitrogen and oxygen atoms in total. The molecule has 21 heavy (non-hydrogen) atoms. The molecule has 1 aliphatic heterocycles. The smallest absolute Gasteiger partial charge is 0.346 e. The van der Waals surface area contributed by atoms with Gasteiger partial charge in [-0.3, -0.25) is 9.69 Å². The van der Waals surface area contributed by atoms with E-state index >= 15 is 0 Å². The van der Waals surface area contributed by atoms with E-state index in [4.69, 9.17) is 0 Å². The SMILES string of the molecule is Cc1cccc(CN2CCCC2C(=O)NCC(F)(F)F)c1. The lowest BCUT2D eigenvalue weighted by Gasteiger charge is -2.24. The maximum absolute atomic E-state index is 12.2. The Bertz CT molecular complexity index is 502. The first-order valence-electron chi connectivity index (χ1n) is 6.99. The van der Waals surface area contributed by atoms with Crippen LogP contribution >= 0.6 is 0 Å². The van der Waals surface area contributed by atoms with Crippen molar-refractivity contribution in [2.75, 3.05) is 13.1 Å². The summed E-state index contributed by atoms with van der Waals surface area (Å²) < 4.78 is 36.5. The third-order valence-corrected chi connectivity index (χ3v) is 3.60. The Morgan fingerprint density at radius 2 is 2.19 bits per heavy atom. The van der Waals surface area contributed by atoms with E-state index in [2.05, 4.69) is 0 Å². The highest BCUT2D eigenvalue weighted by molar-refractivity contribution is 5.82. The minimum Gasteiger partial charge on any atom is -0.346 e. The second kappa shape index (κ2) is 6.47. The number of likely N-dealkylation sites (tertiary alicyclic amines) is 1. The van der Waals surface area contributed by atoms with Gasteiger partial charge in [0.15, 0.2) is 0 Å². The number of hydrogen-bond donors (Lipinski definition) is 1. The maximum Gasteiger partial charge on any atom is 0.405 e. The van der Waals surface area contributed by atoms with Crippen LogP contribution < -0.4 is 5.32 Å². The molecule has 1 N–H and O–H groups in total. The zero-order valence-electron chi connectivity index (χ0n) is 11.9. The van der Waals surface area contributed by atoms with Crippen molar-refractivity contribution in [3.63, 3.8) is 0 Å². The molecule has 0 spiro atoms. The largest absolute Gasteiger partial charge is 0.405 e. The highest BCUT2D eigenvalue weighted by Crippen LogP contribution is 2.21. The van der Waals surface area contributed by atoms with Crippen LogP contribution in [0.4, 0.5) is 13.2 Å². The van der Waals surface area contributed by atoms with Gasteiger partial charge in [0.25, 0.3) is 0 Å². The summed E-state index contributed by atoms with van der Waals surface area (Å²) in [5, 5.41) is 1.99. The Balaban J connectivity index is 1.95. The number of rotatable bonds is 4. The molecule has 2 rings (SSSR count). The van der Waals surface area contributed by atoms with E-state index in [1.165, 1.54) is 0 Å². The van der Waals surface area contributed by atoms with Crippen molar-refractivity contribution in [2.24, 2.45) is 0 Å². The van der Waals surface area contributed by atoms with Gasteiger partial charge >= 0.3 is 6.18 Å². The van der Waals surface area contributed by atoms with Crippen LogP contribution in [0, 0.1) is 6.92 Å². The van der Waals surface area contributed by atoms with Crippen molar-refractivity contribution in [3.05, 3.63) is 35.4 Å². The van der Waals surface area contributed by atoms with Gasteiger partial charge in [-0.2, -0.15) is 13.2 Å². The van der Waals surface area contributed by atoms with E-state index in [-0.39, 0.29) is 0 Å². The van der Waals surface area contributed by atoms with E-state index in [9.17, 15) is 18.0 Å². The summed E-state index contributed by atoms with van der Waals surface area (Å²) in [7, 11) is 0. The average Bonchev–Trinajstić information content (AvgIpc) is 2.83. The van der Waals surface area contributed by atoms with Crippen LogP contribution in [0.2, 0.25) is 0 Å². The van der Waals surface area contributed by atoms with Crippen LogP contribution in [0.15, 0.2) is 24.3 Å². The molecule has 116 valence electrons. The number of alkyl halides is 3. The quantitative estimate of drug-likeness (QED) is 0.927. The van der Waals surface area contributed by atoms with Crippen LogP contribution in [0.1, 0.15) is 24.0 Å². The summed E-state index contributed by atoms with van der Waals surface area (Å²) in [5.74, 6) is -0.530. The molecule has 1 aromatic rings. The summed E-state index contributed by atoms with van der Waals surface area (Å²) in [6, 6.07) is 7.47. The lowest BCUT2D eigenvalue weighted by atomic mass is 10.1. The fourth-order valence-electron chi connectivity index (χ4n) is 2.66. The van der Waals surface area contributed by atoms with E-state index in [1.54, 1.807) is 0 Å². The van der Waals surface area contributed by atoms with Crippen molar-refractivity contribution >= 4 is 5.91 Å². The normalized spacial score (nSPS) is 19.7. The molecule has 0 aliphatic carbocycles. The molecule has 0 radical (unpaired) electrons. The summed E-state index contributed by atoms with van der Waals surface area (Å²) in [6.07, 6.45) is -2.93. The second-order valence-corrected chi connectivity index (χ2v) is 5.45. The summed E-state index contributed by atoms with van der Waals surface area (Å²) >= 11 is 0. The molecule has 1 amide bonds. The lowest BCUT2D eigenvalue weighted by Crippen LogP contribution is -2.45. The highest BCUT2D eigenvalue weighted by atomic mass is 19.4. The van der Waals surface area contributed by atoms with E-state index in [0.29, 0.717) is 13.0 Å². The van der Waals surface area contributed by atoms with Gasteiger partial charge in [0.05, 0.1) is 6.04 Å². The van der Waals surface area contributed by atoms with Crippen molar-refractivity contribution in [3.8, 4) is 0 Å². The van der Waals surface area contributed by atoms with Crippen LogP contribution in [0.5, 0.6) is 0 Å². The Hall–Kier alpha value is -1.56. The van der Waals surface area contributed by atoms with Crippen molar-refractivity contribution in [1.29, 1.82) is 0 Å². The van der Waals surface area contributed by atoms with Gasteiger partial charge in [0, 0.05) is 6.54 Å². The molecule has 1 fully saturated rings. The summed E-state index contributed by atoms with van der Waals surface area (Å²) in [6.45, 7) is 2.05. The van der Waals surface area contributed by atoms with Gasteiger partial charge < -0.3 is 5.32 Å². The number of hydrogen-bond acceptors (Lipinski definition) is 2. The monoisotopic (exact) mass is 300 g/mol. The Kier molecular flexibility index (Phi) is 4.88. The minimum absolute atomic E-state index is 0.465. The minimum atomic E-state index is -4.37. The average molecular weight is 300 g/mol. The van der Waals surface area contributed by atoms with Gasteiger partial charge in [-0.15, -0.1) is 0 Å². The van der Waals surface area contributed by atoms with Crippen molar-refractivity contribution < 1.29 is 18.0 Å². The van der Waals surface area contributed by atoms with Crippen molar-refractivity contribution in [1.82, 2.24) is 10.2 Å². The molecule has 0 bridgehead atoms. The molecular formula is C15H19F3N2O. The second-order valence-electron chi connectivity index (χ2n) is 5.45. The van der Waals surface area contributed by atoms with Gasteiger partial charge in [-0.1, -0.05) is 29.8 Å². The molecule has 1 aromatic carbocycles. The molecule has 1 heterocycles. The molecule has 1 aliphatic rings. The summed E-state index contributed by atoms with van der Waals surface area (Å²) in [4.78, 5) is 13.9. The number of halogens is 3. The molecular weight excluding hydrogens is 281 g/mol. The first-order chi connectivity index (χ1) is 9.85. The first kappa shape index (κ1) is 15.8. The number of aryl methyl sites for hydroxylation is 1. The van der Waals surface area contributed by atoms with Crippen LogP contribution in [0.3, 0.4) is 0 Å². The number of carbonyl (C=O) groups excluding carboxylic acids is 1. The zero-order valence-corrected chi connectivity index (χ0v) is 11.9. The third-order valence-electron chi connectivity index (χ3n) is 3.60. The number of benzene rings is 1. The number of amides is 1. The van der Waals surface area contributed by atoms with Crippen LogP contribution in [0.25, 0.3) is 0 Å². The summed E-state index contributed by atoms with van der Waals surface area (Å²) in [5.41, 5.74) is 2.20. The van der Waals surface area contributed by atoms with Gasteiger partial charge in [0.2, 0.25) is 5.91 Å². The van der Waals surface area contributed by atoms with E-state index < -0.39 is 24.7 Å². The van der Waals surface area contributed by atoms with Crippen LogP contribution in [-0.4, -0.2) is 36.1 Å². The standard InChI is InChI=1S/C15H19F3N2O/c1-11-4-2-5-12(8-11)9-20-7-3-6-13(20)14(21)19-10-15(16,17)18/h2,4-5,8,13H,3,6-7,9-10H2,1H3,(H,19,21). The van der Waals surface area contributed by atoms with E-state index in [0.717, 1.165) is 24.1 Å². The molecule has 0 aromatic heterocycles. The van der Waals surface area contributed by atoms with E-state index in [1.807, 2.05) is 41.4 Å². The molecule has 1 unspecified atom stereocenters. The maximum atomic E-state index is 12.2. The fourth-order valence-corrected chi connectivity index (χ4v) is 2.66. The lowest BCUT2D eigenvalue weighted by molar-refractivity contribution is -0.141. The number of nitrogens with one attached hydrogen (secondary N) is 1. The zero-order chi connectivity index (χ0) is 15.5. The number of carbonyl (C=O) groups is 1. The molecule has 6 heteroatoms. The van der Waals surface area contributed by atoms with Crippen LogP contribution in [-0.2, 0) is 11.3 Å². The fraction of sp³-hybridized carbons (Fsp3) is 0.533. The van der Waals surface area contributed by atoms with Gasteiger partial charge in [-0.25, -0.2) is 0 Å².